The molecular formula is C18H22O2. The predicted molar refractivity (Wildman–Crippen MR) is 82.7 cm³/mol. The topological polar surface area (TPSA) is 18.5 Å². The molecule has 0 aliphatic heterocycles. The summed E-state index contributed by atoms with van der Waals surface area (Å²) in [6, 6.07) is 16.8. The molecule has 0 fully saturated rings. The predicted octanol–water partition coefficient (Wildman–Crippen LogP) is 4.77. The van der Waals surface area contributed by atoms with Crippen molar-refractivity contribution in [1.29, 1.82) is 0 Å². The molecule has 2 rings (SSSR count). The number of hydrogen-bond donors (Lipinski definition) is 0. The maximum atomic E-state index is 5.49. The number of rotatable bonds is 5. The van der Waals surface area contributed by atoms with E-state index in [0.29, 0.717) is 0 Å². The largest absolute Gasteiger partial charge is 0.377 e. The van der Waals surface area contributed by atoms with Crippen molar-refractivity contribution in [1.82, 2.24) is 0 Å². The van der Waals surface area contributed by atoms with E-state index >= 15 is 0 Å². The molecule has 2 aromatic carbocycles. The van der Waals surface area contributed by atoms with E-state index in [1.54, 1.807) is 14.2 Å². The summed E-state index contributed by atoms with van der Waals surface area (Å²) in [6.45, 7) is 4.14. The zero-order chi connectivity index (χ0) is 14.5. The van der Waals surface area contributed by atoms with E-state index in [4.69, 9.17) is 9.47 Å². The average molecular weight is 270 g/mol. The van der Waals surface area contributed by atoms with Crippen molar-refractivity contribution >= 4 is 0 Å². The third-order valence-corrected chi connectivity index (χ3v) is 3.79. The van der Waals surface area contributed by atoms with Gasteiger partial charge in [0.05, 0.1) is 12.2 Å². The van der Waals surface area contributed by atoms with Crippen LogP contribution in [0.15, 0.2) is 48.5 Å². The summed E-state index contributed by atoms with van der Waals surface area (Å²) in [6.07, 6.45) is 0.134. The third kappa shape index (κ3) is 2.92. The van der Waals surface area contributed by atoms with Crippen molar-refractivity contribution in [3.8, 4) is 11.1 Å². The molecule has 0 aromatic heterocycles. The van der Waals surface area contributed by atoms with Gasteiger partial charge in [0.25, 0.3) is 0 Å². The minimum atomic E-state index is 0.0668. The zero-order valence-electron chi connectivity index (χ0n) is 12.6. The summed E-state index contributed by atoms with van der Waals surface area (Å²) in [7, 11) is 3.48. The Morgan fingerprint density at radius 2 is 1.00 bits per heavy atom. The second-order valence-corrected chi connectivity index (χ2v) is 4.93. The van der Waals surface area contributed by atoms with Gasteiger partial charge in [0, 0.05) is 14.2 Å². The Labute approximate surface area is 121 Å². The Morgan fingerprint density at radius 3 is 1.35 bits per heavy atom. The Bertz CT molecular complexity index is 511. The van der Waals surface area contributed by atoms with Gasteiger partial charge in [-0.25, -0.2) is 0 Å². The maximum absolute atomic E-state index is 5.49. The molecule has 0 spiro atoms. The number of methoxy groups -OCH3 is 2. The molecule has 0 bridgehead atoms. The van der Waals surface area contributed by atoms with Gasteiger partial charge >= 0.3 is 0 Å². The summed E-state index contributed by atoms with van der Waals surface area (Å²) < 4.78 is 11.0. The molecule has 0 N–H and O–H groups in total. The van der Waals surface area contributed by atoms with Crippen molar-refractivity contribution in [2.45, 2.75) is 26.1 Å². The van der Waals surface area contributed by atoms with Gasteiger partial charge < -0.3 is 9.47 Å². The van der Waals surface area contributed by atoms with Gasteiger partial charge in [0.1, 0.15) is 0 Å². The highest BCUT2D eigenvalue weighted by molar-refractivity contribution is 5.71. The molecule has 2 nitrogen and oxygen atoms in total. The summed E-state index contributed by atoms with van der Waals surface area (Å²) in [5, 5.41) is 0. The van der Waals surface area contributed by atoms with E-state index in [1.165, 1.54) is 22.3 Å². The molecular weight excluding hydrogens is 248 g/mol. The lowest BCUT2D eigenvalue weighted by atomic mass is 9.91. The third-order valence-electron chi connectivity index (χ3n) is 3.79. The van der Waals surface area contributed by atoms with Crippen molar-refractivity contribution in [3.05, 3.63) is 59.7 Å². The van der Waals surface area contributed by atoms with Gasteiger partial charge in [-0.2, -0.15) is 0 Å². The van der Waals surface area contributed by atoms with E-state index in [-0.39, 0.29) is 12.2 Å². The number of benzene rings is 2. The van der Waals surface area contributed by atoms with Crippen LogP contribution in [0.1, 0.15) is 37.2 Å². The molecule has 0 heterocycles. The van der Waals surface area contributed by atoms with Crippen LogP contribution in [-0.2, 0) is 9.47 Å². The Kier molecular flexibility index (Phi) is 4.94. The molecule has 0 aliphatic carbocycles. The van der Waals surface area contributed by atoms with Crippen LogP contribution in [0.4, 0.5) is 0 Å². The van der Waals surface area contributed by atoms with Gasteiger partial charge in [0.15, 0.2) is 0 Å². The van der Waals surface area contributed by atoms with Crippen molar-refractivity contribution in [3.63, 3.8) is 0 Å². The van der Waals surface area contributed by atoms with Crippen LogP contribution in [0.25, 0.3) is 11.1 Å². The first-order valence-electron chi connectivity index (χ1n) is 6.92. The van der Waals surface area contributed by atoms with Crippen molar-refractivity contribution < 1.29 is 9.47 Å². The van der Waals surface area contributed by atoms with Gasteiger partial charge in [0.2, 0.25) is 0 Å². The first-order chi connectivity index (χ1) is 9.69. The average Bonchev–Trinajstić information content (AvgIpc) is 2.53. The molecule has 0 radical (unpaired) electrons. The fraction of sp³-hybridized carbons (Fsp3) is 0.333. The van der Waals surface area contributed by atoms with Crippen LogP contribution in [0.5, 0.6) is 0 Å². The second kappa shape index (κ2) is 6.69. The summed E-state index contributed by atoms with van der Waals surface area (Å²) in [5.41, 5.74) is 4.82. The monoisotopic (exact) mass is 270 g/mol. The Morgan fingerprint density at radius 1 is 0.650 bits per heavy atom. The van der Waals surface area contributed by atoms with Gasteiger partial charge in [-0.05, 0) is 36.1 Å². The molecule has 0 amide bonds. The summed E-state index contributed by atoms with van der Waals surface area (Å²) >= 11 is 0. The lowest BCUT2D eigenvalue weighted by Gasteiger charge is -2.20. The number of ether oxygens (including phenoxy) is 2. The van der Waals surface area contributed by atoms with Gasteiger partial charge in [-0.3, -0.25) is 0 Å². The van der Waals surface area contributed by atoms with Crippen LogP contribution >= 0.6 is 0 Å². The molecule has 0 saturated heterocycles. The second-order valence-electron chi connectivity index (χ2n) is 4.93. The molecule has 106 valence electrons. The minimum Gasteiger partial charge on any atom is -0.377 e. The quantitative estimate of drug-likeness (QED) is 0.779. The molecule has 0 saturated carbocycles. The normalized spacial score (nSPS) is 14.0. The lowest BCUT2D eigenvalue weighted by molar-refractivity contribution is 0.118. The molecule has 2 aromatic rings. The summed E-state index contributed by atoms with van der Waals surface area (Å²) in [5.74, 6) is 0. The van der Waals surface area contributed by atoms with E-state index in [9.17, 15) is 0 Å². The fourth-order valence-electron chi connectivity index (χ4n) is 2.45. The van der Waals surface area contributed by atoms with Crippen LogP contribution in [-0.4, -0.2) is 14.2 Å². The molecule has 2 atom stereocenters. The van der Waals surface area contributed by atoms with Crippen molar-refractivity contribution in [2.24, 2.45) is 0 Å². The molecule has 2 heteroatoms. The molecule has 2 unspecified atom stereocenters. The first kappa shape index (κ1) is 14.8. The van der Waals surface area contributed by atoms with E-state index in [1.807, 2.05) is 0 Å². The molecule has 0 aliphatic rings. The smallest absolute Gasteiger partial charge is 0.0799 e. The lowest BCUT2D eigenvalue weighted by Crippen LogP contribution is -2.02. The van der Waals surface area contributed by atoms with Crippen LogP contribution in [0.2, 0.25) is 0 Å². The van der Waals surface area contributed by atoms with Crippen molar-refractivity contribution in [2.75, 3.05) is 14.2 Å². The highest BCUT2D eigenvalue weighted by Crippen LogP contribution is 2.34. The maximum Gasteiger partial charge on any atom is 0.0799 e. The number of hydrogen-bond acceptors (Lipinski definition) is 2. The van der Waals surface area contributed by atoms with Gasteiger partial charge in [-0.1, -0.05) is 48.5 Å². The van der Waals surface area contributed by atoms with Crippen LogP contribution in [0, 0.1) is 0 Å². The zero-order valence-corrected chi connectivity index (χ0v) is 12.6. The molecule has 20 heavy (non-hydrogen) atoms. The van der Waals surface area contributed by atoms with E-state index in [2.05, 4.69) is 62.4 Å². The minimum absolute atomic E-state index is 0.0668. The first-order valence-corrected chi connectivity index (χ1v) is 6.92. The Hall–Kier alpha value is -1.64. The highest BCUT2D eigenvalue weighted by Gasteiger charge is 2.16. The SMILES string of the molecule is COC(C)c1ccccc1-c1ccccc1C(C)OC. The van der Waals surface area contributed by atoms with Gasteiger partial charge in [-0.15, -0.1) is 0 Å². The van der Waals surface area contributed by atoms with E-state index in [0.717, 1.165) is 0 Å². The summed E-state index contributed by atoms with van der Waals surface area (Å²) in [4.78, 5) is 0. The fourth-order valence-corrected chi connectivity index (χ4v) is 2.45. The van der Waals surface area contributed by atoms with Crippen LogP contribution in [0.3, 0.4) is 0 Å². The van der Waals surface area contributed by atoms with E-state index < -0.39 is 0 Å². The standard InChI is InChI=1S/C18H22O2/c1-13(19-3)15-9-5-7-11-17(15)18-12-8-6-10-16(18)14(2)20-4/h5-14H,1-4H3. The highest BCUT2D eigenvalue weighted by atomic mass is 16.5. The Balaban J connectivity index is 2.57. The van der Waals surface area contributed by atoms with Crippen LogP contribution < -0.4 is 0 Å².